The third-order valence-electron chi connectivity index (χ3n) is 1.80. The Bertz CT molecular complexity index is 546. The summed E-state index contributed by atoms with van der Waals surface area (Å²) in [7, 11) is -3.93. The van der Waals surface area contributed by atoms with Gasteiger partial charge in [0.15, 0.2) is 0 Å². The first-order valence-electron chi connectivity index (χ1n) is 5.21. The first-order valence-corrected chi connectivity index (χ1v) is 6.76. The third kappa shape index (κ3) is 4.72. The van der Waals surface area contributed by atoms with Crippen LogP contribution >= 0.6 is 0 Å². The maximum atomic E-state index is 11.9. The van der Waals surface area contributed by atoms with Crippen LogP contribution in [0, 0.1) is 0 Å². The Morgan fingerprint density at radius 2 is 1.83 bits per heavy atom. The highest BCUT2D eigenvalue weighted by atomic mass is 32.2. The second-order valence-corrected chi connectivity index (χ2v) is 5.99. The average molecular weight is 272 g/mol. The van der Waals surface area contributed by atoms with Gasteiger partial charge in [-0.2, -0.15) is 8.42 Å². The lowest BCUT2D eigenvalue weighted by molar-refractivity contribution is 0.00708. The van der Waals surface area contributed by atoms with Gasteiger partial charge in [-0.25, -0.2) is 9.93 Å². The van der Waals surface area contributed by atoms with E-state index < -0.39 is 21.8 Å². The fraction of sp³-hybridized carbons (Fsp3) is 0.364. The number of rotatable bonds is 3. The molecule has 100 valence electrons. The first-order chi connectivity index (χ1) is 8.08. The zero-order valence-electron chi connectivity index (χ0n) is 10.4. The van der Waals surface area contributed by atoms with E-state index in [1.54, 1.807) is 32.9 Å². The van der Waals surface area contributed by atoms with Gasteiger partial charge in [-0.1, -0.05) is 12.1 Å². The van der Waals surface area contributed by atoms with Gasteiger partial charge in [0, 0.05) is 0 Å². The van der Waals surface area contributed by atoms with Gasteiger partial charge in [0.1, 0.15) is 5.60 Å². The van der Waals surface area contributed by atoms with Crippen LogP contribution in [-0.4, -0.2) is 20.0 Å². The molecule has 0 spiro atoms. The van der Waals surface area contributed by atoms with Crippen molar-refractivity contribution in [3.8, 4) is 0 Å². The molecule has 1 rings (SSSR count). The van der Waals surface area contributed by atoms with Crippen molar-refractivity contribution >= 4 is 21.9 Å². The highest BCUT2D eigenvalue weighted by molar-refractivity contribution is 7.90. The number of ether oxygens (including phenoxy) is 1. The average Bonchev–Trinajstić information content (AvgIpc) is 2.12. The molecule has 0 heterocycles. The maximum Gasteiger partial charge on any atom is 0.340 e. The normalized spacial score (nSPS) is 12.0. The largest absolute Gasteiger partial charge is 0.456 e. The number of nitrogens with one attached hydrogen (secondary N) is 1. The van der Waals surface area contributed by atoms with Gasteiger partial charge in [0.2, 0.25) is 0 Å². The molecule has 0 saturated heterocycles. The van der Waals surface area contributed by atoms with Crippen LogP contribution in [0.3, 0.4) is 0 Å². The molecule has 0 amide bonds. The molecule has 3 N–H and O–H groups in total. The Kier molecular flexibility index (Phi) is 3.98. The second-order valence-electron chi connectivity index (χ2n) is 4.69. The van der Waals surface area contributed by atoms with Gasteiger partial charge in [0.25, 0.3) is 10.2 Å². The molecule has 0 aliphatic carbocycles. The zero-order chi connectivity index (χ0) is 14.0. The highest BCUT2D eigenvalue weighted by Gasteiger charge is 2.21. The molecule has 0 radical (unpaired) electrons. The van der Waals surface area contributed by atoms with Crippen molar-refractivity contribution in [3.63, 3.8) is 0 Å². The van der Waals surface area contributed by atoms with Crippen molar-refractivity contribution < 1.29 is 17.9 Å². The van der Waals surface area contributed by atoms with E-state index in [9.17, 15) is 13.2 Å². The molecule has 0 fully saturated rings. The van der Waals surface area contributed by atoms with Crippen molar-refractivity contribution in [1.29, 1.82) is 0 Å². The van der Waals surface area contributed by atoms with Gasteiger partial charge in [-0.3, -0.25) is 4.72 Å². The Hall–Kier alpha value is -1.60. The van der Waals surface area contributed by atoms with Crippen molar-refractivity contribution in [1.82, 2.24) is 0 Å². The van der Waals surface area contributed by atoms with Crippen molar-refractivity contribution in [2.75, 3.05) is 4.72 Å². The SMILES string of the molecule is CC(C)(C)OC(=O)c1ccccc1NS(N)(=O)=O. The number of nitrogens with two attached hydrogens (primary N) is 1. The van der Waals surface area contributed by atoms with Crippen LogP contribution in [0.25, 0.3) is 0 Å². The topological polar surface area (TPSA) is 98.5 Å². The fourth-order valence-corrected chi connectivity index (χ4v) is 1.72. The predicted octanol–water partition coefficient (Wildman–Crippen LogP) is 1.26. The van der Waals surface area contributed by atoms with Gasteiger partial charge in [-0.05, 0) is 32.9 Å². The molecular formula is C11H16N2O4S. The summed E-state index contributed by atoms with van der Waals surface area (Å²) >= 11 is 0. The highest BCUT2D eigenvalue weighted by Crippen LogP contribution is 2.19. The Balaban J connectivity index is 3.06. The number of hydrogen-bond acceptors (Lipinski definition) is 4. The van der Waals surface area contributed by atoms with E-state index in [2.05, 4.69) is 4.72 Å². The molecule has 0 atom stereocenters. The lowest BCUT2D eigenvalue weighted by Crippen LogP contribution is -2.26. The Morgan fingerprint density at radius 3 is 2.33 bits per heavy atom. The number of para-hydroxylation sites is 1. The number of carbonyl (C=O) groups is 1. The Labute approximate surface area is 106 Å². The lowest BCUT2D eigenvalue weighted by Gasteiger charge is -2.20. The van der Waals surface area contributed by atoms with E-state index in [4.69, 9.17) is 9.88 Å². The summed E-state index contributed by atoms with van der Waals surface area (Å²) in [6.07, 6.45) is 0. The lowest BCUT2D eigenvalue weighted by atomic mass is 10.1. The number of carbonyl (C=O) groups excluding carboxylic acids is 1. The van der Waals surface area contributed by atoms with Gasteiger partial charge in [-0.15, -0.1) is 0 Å². The van der Waals surface area contributed by atoms with Crippen LogP contribution in [0.2, 0.25) is 0 Å². The van der Waals surface area contributed by atoms with Crippen LogP contribution in [-0.2, 0) is 14.9 Å². The molecule has 0 aromatic heterocycles. The van der Waals surface area contributed by atoms with Crippen LogP contribution < -0.4 is 9.86 Å². The summed E-state index contributed by atoms with van der Waals surface area (Å²) in [4.78, 5) is 11.9. The van der Waals surface area contributed by atoms with Crippen LogP contribution in [0.1, 0.15) is 31.1 Å². The predicted molar refractivity (Wildman–Crippen MR) is 68.3 cm³/mol. The molecule has 0 saturated carbocycles. The molecule has 0 unspecified atom stereocenters. The van der Waals surface area contributed by atoms with Crippen LogP contribution in [0.5, 0.6) is 0 Å². The number of anilines is 1. The van der Waals surface area contributed by atoms with E-state index in [0.717, 1.165) is 0 Å². The van der Waals surface area contributed by atoms with Gasteiger partial charge >= 0.3 is 5.97 Å². The number of hydrogen-bond donors (Lipinski definition) is 2. The molecule has 0 bridgehead atoms. The summed E-state index contributed by atoms with van der Waals surface area (Å²) in [6.45, 7) is 5.17. The Morgan fingerprint density at radius 1 is 1.28 bits per heavy atom. The van der Waals surface area contributed by atoms with Crippen LogP contribution in [0.15, 0.2) is 24.3 Å². The fourth-order valence-electron chi connectivity index (χ4n) is 1.24. The van der Waals surface area contributed by atoms with E-state index in [-0.39, 0.29) is 11.3 Å². The van der Waals surface area contributed by atoms with Crippen molar-refractivity contribution in [2.45, 2.75) is 26.4 Å². The summed E-state index contributed by atoms with van der Waals surface area (Å²) in [5, 5.41) is 4.87. The van der Waals surface area contributed by atoms with Crippen molar-refractivity contribution in [3.05, 3.63) is 29.8 Å². The monoisotopic (exact) mass is 272 g/mol. The molecule has 7 heteroatoms. The third-order valence-corrected chi connectivity index (χ3v) is 2.30. The van der Waals surface area contributed by atoms with Crippen LogP contribution in [0.4, 0.5) is 5.69 Å². The summed E-state index contributed by atoms with van der Waals surface area (Å²) in [5.74, 6) is -0.616. The molecule has 18 heavy (non-hydrogen) atoms. The summed E-state index contributed by atoms with van der Waals surface area (Å²) < 4.78 is 29.2. The minimum atomic E-state index is -3.93. The minimum absolute atomic E-state index is 0.0919. The molecule has 0 aliphatic rings. The van der Waals surface area contributed by atoms with E-state index in [0.29, 0.717) is 0 Å². The first kappa shape index (κ1) is 14.5. The smallest absolute Gasteiger partial charge is 0.340 e. The maximum absolute atomic E-state index is 11.9. The van der Waals surface area contributed by atoms with Gasteiger partial charge in [0.05, 0.1) is 11.3 Å². The molecular weight excluding hydrogens is 256 g/mol. The molecule has 1 aromatic carbocycles. The minimum Gasteiger partial charge on any atom is -0.456 e. The van der Waals surface area contributed by atoms with E-state index in [1.807, 2.05) is 0 Å². The quantitative estimate of drug-likeness (QED) is 0.809. The summed E-state index contributed by atoms with van der Waals surface area (Å²) in [6, 6.07) is 6.08. The van der Waals surface area contributed by atoms with E-state index in [1.165, 1.54) is 12.1 Å². The molecule has 0 aliphatic heterocycles. The van der Waals surface area contributed by atoms with E-state index >= 15 is 0 Å². The standard InChI is InChI=1S/C11H16N2O4S/c1-11(2,3)17-10(14)8-6-4-5-7-9(8)13-18(12,15)16/h4-7,13H,1-3H3,(H2,12,15,16). The summed E-state index contributed by atoms with van der Waals surface area (Å²) in [5.41, 5.74) is -0.457. The second kappa shape index (κ2) is 4.95. The molecule has 6 nitrogen and oxygen atoms in total. The number of benzene rings is 1. The zero-order valence-corrected chi connectivity index (χ0v) is 11.2. The number of esters is 1. The molecule has 1 aromatic rings. The van der Waals surface area contributed by atoms with Crippen molar-refractivity contribution in [2.24, 2.45) is 5.14 Å². The van der Waals surface area contributed by atoms with Gasteiger partial charge < -0.3 is 4.74 Å².